The van der Waals surface area contributed by atoms with Crippen molar-refractivity contribution >= 4 is 17.4 Å². The van der Waals surface area contributed by atoms with Crippen molar-refractivity contribution in [1.82, 2.24) is 15.0 Å². The smallest absolute Gasteiger partial charge is 0.161 e. The zero-order chi connectivity index (χ0) is 14.7. The van der Waals surface area contributed by atoms with Crippen molar-refractivity contribution in [2.24, 2.45) is 5.92 Å². The zero-order valence-corrected chi connectivity index (χ0v) is 12.0. The molecule has 0 saturated carbocycles. The summed E-state index contributed by atoms with van der Waals surface area (Å²) >= 11 is 5.87. The zero-order valence-electron chi connectivity index (χ0n) is 11.2. The van der Waals surface area contributed by atoms with Gasteiger partial charge in [0.15, 0.2) is 5.69 Å². The van der Waals surface area contributed by atoms with Gasteiger partial charge in [0.1, 0.15) is 23.8 Å². The molecule has 0 aromatic carbocycles. The van der Waals surface area contributed by atoms with E-state index in [0.29, 0.717) is 23.3 Å². The first-order valence-corrected chi connectivity index (χ1v) is 7.07. The van der Waals surface area contributed by atoms with Crippen LogP contribution in [0.2, 0.25) is 5.02 Å². The van der Waals surface area contributed by atoms with E-state index in [1.807, 2.05) is 6.07 Å². The fraction of sp³-hybridized carbons (Fsp3) is 0.357. The Morgan fingerprint density at radius 1 is 1.52 bits per heavy atom. The third-order valence-electron chi connectivity index (χ3n) is 3.50. The first kappa shape index (κ1) is 13.9. The van der Waals surface area contributed by atoms with E-state index in [-0.39, 0.29) is 11.8 Å². The van der Waals surface area contributed by atoms with Gasteiger partial charge >= 0.3 is 0 Å². The third-order valence-corrected chi connectivity index (χ3v) is 3.81. The van der Waals surface area contributed by atoms with E-state index < -0.39 is 0 Å². The van der Waals surface area contributed by atoms with Gasteiger partial charge in [0.25, 0.3) is 0 Å². The normalized spacial score (nSPS) is 21.1. The summed E-state index contributed by atoms with van der Waals surface area (Å²) in [6.07, 6.45) is 4.44. The van der Waals surface area contributed by atoms with E-state index in [1.165, 1.54) is 0 Å². The Morgan fingerprint density at radius 2 is 2.43 bits per heavy atom. The van der Waals surface area contributed by atoms with Gasteiger partial charge in [0, 0.05) is 31.5 Å². The molecule has 7 heteroatoms. The minimum absolute atomic E-state index is 0.0322. The van der Waals surface area contributed by atoms with Crippen molar-refractivity contribution < 1.29 is 4.74 Å². The van der Waals surface area contributed by atoms with Gasteiger partial charge in [-0.3, -0.25) is 0 Å². The van der Waals surface area contributed by atoms with Crippen LogP contribution in [-0.2, 0) is 4.74 Å². The summed E-state index contributed by atoms with van der Waals surface area (Å²) in [4.78, 5) is 11.5. The maximum Gasteiger partial charge on any atom is 0.161 e. The van der Waals surface area contributed by atoms with Crippen molar-refractivity contribution in [2.45, 2.75) is 12.5 Å². The molecular weight excluding hydrogens is 290 g/mol. The average Bonchev–Trinajstić information content (AvgIpc) is 3.17. The van der Waals surface area contributed by atoms with Gasteiger partial charge < -0.3 is 15.0 Å². The van der Waals surface area contributed by atoms with Crippen LogP contribution in [0.3, 0.4) is 0 Å². The molecule has 0 amide bonds. The van der Waals surface area contributed by atoms with Gasteiger partial charge in [-0.05, 0) is 18.6 Å². The van der Waals surface area contributed by atoms with E-state index in [0.717, 1.165) is 18.9 Å². The predicted octanol–water partition coefficient (Wildman–Crippen LogP) is 2.52. The molecule has 1 saturated heterocycles. The highest BCUT2D eigenvalue weighted by atomic mass is 35.5. The summed E-state index contributed by atoms with van der Waals surface area (Å²) in [6.45, 7) is 1.42. The number of pyridine rings is 1. The second-order valence-corrected chi connectivity index (χ2v) is 5.24. The van der Waals surface area contributed by atoms with Crippen LogP contribution in [-0.4, -0.2) is 28.1 Å². The highest BCUT2D eigenvalue weighted by Crippen LogP contribution is 2.32. The van der Waals surface area contributed by atoms with Crippen molar-refractivity contribution in [1.29, 1.82) is 5.26 Å². The topological polar surface area (TPSA) is 86.6 Å². The average molecular weight is 304 g/mol. The lowest BCUT2D eigenvalue weighted by Gasteiger charge is -2.17. The summed E-state index contributed by atoms with van der Waals surface area (Å²) in [5.41, 5.74) is 0.229. The maximum absolute atomic E-state index is 8.93. The van der Waals surface area contributed by atoms with Crippen molar-refractivity contribution in [2.75, 3.05) is 18.5 Å². The van der Waals surface area contributed by atoms with E-state index in [2.05, 4.69) is 20.3 Å². The third kappa shape index (κ3) is 2.99. The molecule has 1 aliphatic heterocycles. The summed E-state index contributed by atoms with van der Waals surface area (Å²) in [5.74, 6) is 1.79. The van der Waals surface area contributed by atoms with Crippen LogP contribution < -0.4 is 5.32 Å². The Hall–Kier alpha value is -2.10. The highest BCUT2D eigenvalue weighted by molar-refractivity contribution is 6.31. The maximum atomic E-state index is 8.93. The van der Waals surface area contributed by atoms with Gasteiger partial charge in [-0.15, -0.1) is 0 Å². The fourth-order valence-corrected chi connectivity index (χ4v) is 2.58. The molecule has 2 aromatic rings. The minimum Gasteiger partial charge on any atom is -0.370 e. The van der Waals surface area contributed by atoms with Crippen LogP contribution in [0.5, 0.6) is 0 Å². The molecule has 2 atom stereocenters. The number of anilines is 1. The molecule has 3 heterocycles. The molecule has 21 heavy (non-hydrogen) atoms. The Morgan fingerprint density at radius 3 is 3.19 bits per heavy atom. The molecule has 0 aliphatic carbocycles. The molecule has 1 fully saturated rings. The van der Waals surface area contributed by atoms with Crippen LogP contribution >= 0.6 is 11.6 Å². The first-order valence-electron chi connectivity index (χ1n) is 6.69. The van der Waals surface area contributed by atoms with Crippen molar-refractivity contribution in [3.63, 3.8) is 0 Å². The molecule has 6 nitrogen and oxygen atoms in total. The molecule has 108 valence electrons. The van der Waals surface area contributed by atoms with E-state index in [9.17, 15) is 0 Å². The van der Waals surface area contributed by atoms with E-state index in [1.54, 1.807) is 24.5 Å². The minimum atomic E-state index is -0.0322. The number of rotatable bonds is 4. The predicted molar refractivity (Wildman–Crippen MR) is 77.8 cm³/mol. The van der Waals surface area contributed by atoms with Crippen LogP contribution in [0.25, 0.3) is 0 Å². The molecule has 2 aromatic heterocycles. The number of imidazole rings is 1. The summed E-state index contributed by atoms with van der Waals surface area (Å²) in [7, 11) is 0. The second-order valence-electron chi connectivity index (χ2n) is 4.83. The van der Waals surface area contributed by atoms with E-state index >= 15 is 0 Å². The number of hydrogen-bond donors (Lipinski definition) is 2. The van der Waals surface area contributed by atoms with Gasteiger partial charge in [-0.25, -0.2) is 9.97 Å². The van der Waals surface area contributed by atoms with Crippen LogP contribution in [0.4, 0.5) is 5.82 Å². The number of H-pyrrole nitrogens is 1. The number of aromatic nitrogens is 3. The van der Waals surface area contributed by atoms with Crippen molar-refractivity contribution in [3.05, 3.63) is 41.1 Å². The van der Waals surface area contributed by atoms with Gasteiger partial charge in [0.05, 0.1) is 5.02 Å². The Labute approximate surface area is 127 Å². The molecule has 3 rings (SSSR count). The summed E-state index contributed by atoms with van der Waals surface area (Å²) in [5, 5.41) is 12.5. The summed E-state index contributed by atoms with van der Waals surface area (Å²) < 4.78 is 5.73. The van der Waals surface area contributed by atoms with E-state index in [4.69, 9.17) is 21.6 Å². The van der Waals surface area contributed by atoms with Crippen molar-refractivity contribution in [3.8, 4) is 6.07 Å². The lowest BCUT2D eigenvalue weighted by atomic mass is 10.0. The SMILES string of the molecule is N#Cc1nc(NC[C@@H]2CCO[C@H]2c2ncc[nH]2)ccc1Cl. The van der Waals surface area contributed by atoms with Gasteiger partial charge in [0.2, 0.25) is 0 Å². The Kier molecular flexibility index (Phi) is 4.04. The van der Waals surface area contributed by atoms with Crippen LogP contribution in [0, 0.1) is 17.2 Å². The highest BCUT2D eigenvalue weighted by Gasteiger charge is 2.31. The number of hydrogen-bond acceptors (Lipinski definition) is 5. The molecule has 0 bridgehead atoms. The monoisotopic (exact) mass is 303 g/mol. The number of nitrogens with zero attached hydrogens (tertiary/aromatic N) is 3. The molecule has 0 unspecified atom stereocenters. The van der Waals surface area contributed by atoms with Gasteiger partial charge in [-0.1, -0.05) is 11.6 Å². The number of halogens is 1. The fourth-order valence-electron chi connectivity index (χ4n) is 2.43. The second kappa shape index (κ2) is 6.12. The molecule has 1 aliphatic rings. The Bertz CT molecular complexity index is 652. The number of ether oxygens (including phenoxy) is 1. The molecular formula is C14H14ClN5O. The summed E-state index contributed by atoms with van der Waals surface area (Å²) in [6, 6.07) is 5.41. The quantitative estimate of drug-likeness (QED) is 0.906. The Balaban J connectivity index is 1.66. The molecule has 0 radical (unpaired) electrons. The lowest BCUT2D eigenvalue weighted by Crippen LogP contribution is -2.19. The van der Waals surface area contributed by atoms with Crippen LogP contribution in [0.15, 0.2) is 24.5 Å². The van der Waals surface area contributed by atoms with Crippen LogP contribution in [0.1, 0.15) is 24.0 Å². The largest absolute Gasteiger partial charge is 0.370 e. The lowest BCUT2D eigenvalue weighted by molar-refractivity contribution is 0.0868. The van der Waals surface area contributed by atoms with Gasteiger partial charge in [-0.2, -0.15) is 5.26 Å². The number of aromatic amines is 1. The first-order chi connectivity index (χ1) is 10.3. The standard InChI is InChI=1S/C14H14ClN5O/c15-10-1-2-12(20-11(10)7-16)19-8-9-3-6-21-13(9)14-17-4-5-18-14/h1-2,4-5,9,13H,3,6,8H2,(H,17,18)(H,19,20)/t9-,13+/m0/s1. The number of nitrogens with one attached hydrogen (secondary N) is 2. The number of nitriles is 1. The molecule has 2 N–H and O–H groups in total. The molecule has 0 spiro atoms.